The SMILES string of the molecule is N#Cc1ccccc1-c1nc(-c2cccc(-c3c(O)cccc3-c3nc(-c4ccccc4)nc(-c4ccccc4)n3)c2)c2sc3ccccc3c2n1. The van der Waals surface area contributed by atoms with Crippen LogP contribution in [0.5, 0.6) is 5.75 Å². The first-order chi connectivity index (χ1) is 25.6. The number of nitriles is 1. The molecule has 8 heteroatoms. The Morgan fingerprint density at radius 1 is 0.500 bits per heavy atom. The van der Waals surface area contributed by atoms with Crippen LogP contribution in [-0.2, 0) is 0 Å². The Balaban J connectivity index is 1.25. The van der Waals surface area contributed by atoms with Crippen molar-refractivity contribution in [3.05, 3.63) is 157 Å². The van der Waals surface area contributed by atoms with Crippen molar-refractivity contribution in [3.8, 4) is 79.8 Å². The molecular formula is C44H26N6OS. The average Bonchev–Trinajstić information content (AvgIpc) is 3.59. The Labute approximate surface area is 302 Å². The fraction of sp³-hybridized carbons (Fsp3) is 0. The van der Waals surface area contributed by atoms with Crippen LogP contribution >= 0.6 is 11.3 Å². The number of hydrogen-bond acceptors (Lipinski definition) is 8. The maximum atomic E-state index is 11.5. The molecule has 0 aliphatic heterocycles. The van der Waals surface area contributed by atoms with Gasteiger partial charge in [0, 0.05) is 43.5 Å². The number of nitrogens with zero attached hydrogens (tertiary/aromatic N) is 6. The van der Waals surface area contributed by atoms with Crippen molar-refractivity contribution in [1.29, 1.82) is 5.26 Å². The molecular weight excluding hydrogens is 661 g/mol. The van der Waals surface area contributed by atoms with Crippen LogP contribution in [0.2, 0.25) is 0 Å². The Kier molecular flexibility index (Phi) is 7.73. The van der Waals surface area contributed by atoms with E-state index in [1.165, 1.54) is 0 Å². The van der Waals surface area contributed by atoms with E-state index in [0.29, 0.717) is 45.6 Å². The van der Waals surface area contributed by atoms with Crippen LogP contribution in [-0.4, -0.2) is 30.0 Å². The summed E-state index contributed by atoms with van der Waals surface area (Å²) >= 11 is 1.63. The normalized spacial score (nSPS) is 11.1. The van der Waals surface area contributed by atoms with E-state index in [1.54, 1.807) is 29.5 Å². The summed E-state index contributed by atoms with van der Waals surface area (Å²) in [5, 5.41) is 22.5. The van der Waals surface area contributed by atoms with Gasteiger partial charge in [-0.15, -0.1) is 11.3 Å². The van der Waals surface area contributed by atoms with Gasteiger partial charge >= 0.3 is 0 Å². The fourth-order valence-corrected chi connectivity index (χ4v) is 7.62. The average molecular weight is 687 g/mol. The van der Waals surface area contributed by atoms with Gasteiger partial charge in [-0.3, -0.25) is 0 Å². The van der Waals surface area contributed by atoms with E-state index < -0.39 is 0 Å². The molecule has 0 spiro atoms. The molecule has 3 aromatic heterocycles. The molecule has 0 amide bonds. The number of thiophene rings is 1. The molecule has 6 aromatic carbocycles. The summed E-state index contributed by atoms with van der Waals surface area (Å²) in [7, 11) is 0. The second-order valence-electron chi connectivity index (χ2n) is 12.1. The monoisotopic (exact) mass is 686 g/mol. The molecule has 52 heavy (non-hydrogen) atoms. The number of aromatic nitrogens is 5. The number of phenols is 1. The van der Waals surface area contributed by atoms with Gasteiger partial charge in [0.2, 0.25) is 0 Å². The van der Waals surface area contributed by atoms with Crippen LogP contribution in [0.3, 0.4) is 0 Å². The smallest absolute Gasteiger partial charge is 0.164 e. The van der Waals surface area contributed by atoms with Crippen LogP contribution in [0.1, 0.15) is 5.56 Å². The summed E-state index contributed by atoms with van der Waals surface area (Å²) in [5.41, 5.74) is 7.31. The summed E-state index contributed by atoms with van der Waals surface area (Å²) in [6.45, 7) is 0. The molecule has 9 rings (SSSR count). The van der Waals surface area contributed by atoms with Gasteiger partial charge in [0.05, 0.1) is 27.5 Å². The zero-order valence-corrected chi connectivity index (χ0v) is 28.3. The van der Waals surface area contributed by atoms with Crippen molar-refractivity contribution < 1.29 is 5.11 Å². The third-order valence-electron chi connectivity index (χ3n) is 8.92. The van der Waals surface area contributed by atoms with Gasteiger partial charge in [-0.05, 0) is 35.9 Å². The van der Waals surface area contributed by atoms with Crippen molar-refractivity contribution >= 4 is 31.6 Å². The van der Waals surface area contributed by atoms with E-state index >= 15 is 0 Å². The van der Waals surface area contributed by atoms with E-state index in [2.05, 4.69) is 18.2 Å². The third kappa shape index (κ3) is 5.52. The molecule has 1 N–H and O–H groups in total. The zero-order valence-electron chi connectivity index (χ0n) is 27.5. The van der Waals surface area contributed by atoms with E-state index in [1.807, 2.05) is 121 Å². The Morgan fingerprint density at radius 2 is 1.08 bits per heavy atom. The summed E-state index contributed by atoms with van der Waals surface area (Å²) in [4.78, 5) is 24.9. The largest absolute Gasteiger partial charge is 0.507 e. The maximum absolute atomic E-state index is 11.5. The van der Waals surface area contributed by atoms with Crippen molar-refractivity contribution in [2.75, 3.05) is 0 Å². The molecule has 0 saturated heterocycles. The van der Waals surface area contributed by atoms with Gasteiger partial charge in [0.1, 0.15) is 5.75 Å². The van der Waals surface area contributed by atoms with E-state index in [0.717, 1.165) is 48.3 Å². The lowest BCUT2D eigenvalue weighted by atomic mass is 9.95. The Morgan fingerprint density at radius 3 is 1.83 bits per heavy atom. The van der Waals surface area contributed by atoms with Gasteiger partial charge in [-0.25, -0.2) is 24.9 Å². The molecule has 0 atom stereocenters. The van der Waals surface area contributed by atoms with Crippen molar-refractivity contribution in [3.63, 3.8) is 0 Å². The molecule has 0 fully saturated rings. The summed E-state index contributed by atoms with van der Waals surface area (Å²) in [5.74, 6) is 2.07. The van der Waals surface area contributed by atoms with Gasteiger partial charge in [-0.1, -0.05) is 121 Å². The lowest BCUT2D eigenvalue weighted by Crippen LogP contribution is -2.01. The van der Waals surface area contributed by atoms with Crippen LogP contribution < -0.4 is 0 Å². The molecule has 3 heterocycles. The topological polar surface area (TPSA) is 108 Å². The number of fused-ring (bicyclic) bond motifs is 3. The first-order valence-corrected chi connectivity index (χ1v) is 17.4. The van der Waals surface area contributed by atoms with E-state index in [4.69, 9.17) is 24.9 Å². The van der Waals surface area contributed by atoms with Gasteiger partial charge in [-0.2, -0.15) is 5.26 Å². The lowest BCUT2D eigenvalue weighted by Gasteiger charge is -2.14. The first kappa shape index (κ1) is 30.9. The van der Waals surface area contributed by atoms with E-state index in [-0.39, 0.29) is 5.75 Å². The summed E-state index contributed by atoms with van der Waals surface area (Å²) < 4.78 is 2.03. The first-order valence-electron chi connectivity index (χ1n) is 16.6. The highest BCUT2D eigenvalue weighted by molar-refractivity contribution is 7.26. The number of phenolic OH excluding ortho intramolecular Hbond substituents is 1. The minimum atomic E-state index is 0.0934. The number of aromatic hydroxyl groups is 1. The molecule has 0 radical (unpaired) electrons. The number of hydrogen-bond donors (Lipinski definition) is 1. The van der Waals surface area contributed by atoms with E-state index in [9.17, 15) is 10.4 Å². The van der Waals surface area contributed by atoms with Crippen molar-refractivity contribution in [2.45, 2.75) is 0 Å². The summed E-state index contributed by atoms with van der Waals surface area (Å²) in [6.07, 6.45) is 0. The molecule has 244 valence electrons. The van der Waals surface area contributed by atoms with Crippen LogP contribution in [0.25, 0.3) is 88.2 Å². The maximum Gasteiger partial charge on any atom is 0.164 e. The predicted octanol–water partition coefficient (Wildman–Crippen LogP) is 10.6. The van der Waals surface area contributed by atoms with Crippen LogP contribution in [0.4, 0.5) is 0 Å². The highest BCUT2D eigenvalue weighted by atomic mass is 32.1. The lowest BCUT2D eigenvalue weighted by molar-refractivity contribution is 0.477. The molecule has 7 nitrogen and oxygen atoms in total. The summed E-state index contributed by atoms with van der Waals surface area (Å²) in [6, 6.07) is 50.9. The number of benzene rings is 6. The predicted molar refractivity (Wildman–Crippen MR) is 207 cm³/mol. The van der Waals surface area contributed by atoms with Crippen molar-refractivity contribution in [2.24, 2.45) is 0 Å². The standard InChI is InChI=1S/C44H26N6OS/c45-26-31-17-7-8-20-32(31)43-46-38(40-39(47-43)33-21-9-10-24-36(33)52-40)30-19-11-18-29(25-30)37-34(22-12-23-35(37)51)44-49-41(27-13-3-1-4-14-27)48-42(50-44)28-15-5-2-6-16-28/h1-25,51H. The van der Waals surface area contributed by atoms with Crippen molar-refractivity contribution in [1.82, 2.24) is 24.9 Å². The number of rotatable bonds is 6. The van der Waals surface area contributed by atoms with Gasteiger partial charge in [0.15, 0.2) is 23.3 Å². The molecule has 9 aromatic rings. The van der Waals surface area contributed by atoms with Crippen LogP contribution in [0, 0.1) is 11.3 Å². The Bertz CT molecular complexity index is 2770. The Hall–Kier alpha value is -7.08. The molecule has 0 aliphatic rings. The second-order valence-corrected chi connectivity index (χ2v) is 13.2. The molecule has 0 bridgehead atoms. The third-order valence-corrected chi connectivity index (χ3v) is 10.1. The molecule has 0 saturated carbocycles. The minimum Gasteiger partial charge on any atom is -0.507 e. The van der Waals surface area contributed by atoms with Crippen LogP contribution in [0.15, 0.2) is 152 Å². The minimum absolute atomic E-state index is 0.0934. The second kappa shape index (κ2) is 13.0. The quantitative estimate of drug-likeness (QED) is 0.185. The fourth-order valence-electron chi connectivity index (χ4n) is 6.46. The molecule has 0 aliphatic carbocycles. The molecule has 0 unspecified atom stereocenters. The van der Waals surface area contributed by atoms with Gasteiger partial charge in [0.25, 0.3) is 0 Å². The highest BCUT2D eigenvalue weighted by Gasteiger charge is 2.21. The zero-order chi connectivity index (χ0) is 35.0. The highest BCUT2D eigenvalue weighted by Crippen LogP contribution is 2.43. The van der Waals surface area contributed by atoms with Gasteiger partial charge < -0.3 is 5.11 Å².